The van der Waals surface area contributed by atoms with Crippen LogP contribution in [0.25, 0.3) is 0 Å². The second-order valence-corrected chi connectivity index (χ2v) is 9.86. The van der Waals surface area contributed by atoms with E-state index in [0.29, 0.717) is 15.6 Å². The maximum atomic E-state index is 13.2. The third-order valence-electron chi connectivity index (χ3n) is 5.84. The van der Waals surface area contributed by atoms with Gasteiger partial charge in [0.1, 0.15) is 4.90 Å². The van der Waals surface area contributed by atoms with Gasteiger partial charge >= 0.3 is 0 Å². The van der Waals surface area contributed by atoms with Gasteiger partial charge in [-0.25, -0.2) is 18.2 Å². The second kappa shape index (κ2) is 10.4. The number of carbonyl (C=O) groups is 3. The van der Waals surface area contributed by atoms with Crippen LogP contribution in [0.15, 0.2) is 59.5 Å². The summed E-state index contributed by atoms with van der Waals surface area (Å²) in [6.45, 7) is -0.274. The molecule has 0 aromatic heterocycles. The fraction of sp³-hybridized carbons (Fsp3) is 0.160. The van der Waals surface area contributed by atoms with E-state index >= 15 is 0 Å². The van der Waals surface area contributed by atoms with Crippen molar-refractivity contribution < 1.29 is 42.2 Å². The highest BCUT2D eigenvalue weighted by molar-refractivity contribution is 7.90. The molecule has 1 aliphatic rings. The molecule has 4 rings (SSSR count). The van der Waals surface area contributed by atoms with Crippen LogP contribution < -0.4 is 25.0 Å². The molecule has 0 saturated heterocycles. The fourth-order valence-corrected chi connectivity index (χ4v) is 5.50. The Labute approximate surface area is 217 Å². The summed E-state index contributed by atoms with van der Waals surface area (Å²) < 4.78 is 42.9. The summed E-state index contributed by atoms with van der Waals surface area (Å²) in [5.41, 5.74) is 2.39. The van der Waals surface area contributed by atoms with Crippen molar-refractivity contribution in [3.63, 3.8) is 0 Å². The summed E-state index contributed by atoms with van der Waals surface area (Å²) >= 11 is 0. The predicted molar refractivity (Wildman–Crippen MR) is 133 cm³/mol. The van der Waals surface area contributed by atoms with Crippen molar-refractivity contribution in [1.29, 1.82) is 0 Å². The second-order valence-electron chi connectivity index (χ2n) is 8.03. The summed E-state index contributed by atoms with van der Waals surface area (Å²) in [6.07, 6.45) is 0. The van der Waals surface area contributed by atoms with E-state index in [0.717, 1.165) is 0 Å². The van der Waals surface area contributed by atoms with E-state index in [9.17, 15) is 22.8 Å². The van der Waals surface area contributed by atoms with Crippen LogP contribution in [0, 0.1) is 0 Å². The standard InChI is InChI=1S/C25H23N3O9S/c1-35-19-10-16(11-20(36-2)22(19)37-3)23(29)26-17-8-9-18-21(12-17)38(33,34)28(25(18)31)13-14-4-6-15(7-5-14)24(30)27-32/h4-12,32H,13H2,1-3H3,(H,26,29)(H,27,30). The van der Waals surface area contributed by atoms with Crippen LogP contribution in [0.4, 0.5) is 5.69 Å². The molecule has 3 N–H and O–H groups in total. The lowest BCUT2D eigenvalue weighted by Crippen LogP contribution is -2.29. The maximum Gasteiger partial charge on any atom is 0.274 e. The molecule has 0 atom stereocenters. The van der Waals surface area contributed by atoms with Crippen LogP contribution in [0.1, 0.15) is 36.6 Å². The summed E-state index contributed by atoms with van der Waals surface area (Å²) in [7, 11) is 0.0296. The van der Waals surface area contributed by atoms with Crippen molar-refractivity contribution in [1.82, 2.24) is 9.79 Å². The smallest absolute Gasteiger partial charge is 0.274 e. The molecule has 198 valence electrons. The summed E-state index contributed by atoms with van der Waals surface area (Å²) in [4.78, 5) is 37.1. The normalized spacial score (nSPS) is 13.5. The average molecular weight is 542 g/mol. The number of fused-ring (bicyclic) bond motifs is 1. The Morgan fingerprint density at radius 1 is 0.868 bits per heavy atom. The molecule has 0 aliphatic carbocycles. The molecule has 0 unspecified atom stereocenters. The van der Waals surface area contributed by atoms with Gasteiger partial charge in [0.2, 0.25) is 5.75 Å². The minimum atomic E-state index is -4.22. The quantitative estimate of drug-likeness (QED) is 0.287. The molecule has 0 spiro atoms. The number of hydroxylamine groups is 1. The van der Waals surface area contributed by atoms with Crippen molar-refractivity contribution >= 4 is 33.4 Å². The van der Waals surface area contributed by atoms with Crippen LogP contribution >= 0.6 is 0 Å². The number of carbonyl (C=O) groups excluding carboxylic acids is 3. The summed E-state index contributed by atoms with van der Waals surface area (Å²) in [5.74, 6) is -1.19. The lowest BCUT2D eigenvalue weighted by molar-refractivity contribution is 0.0706. The predicted octanol–water partition coefficient (Wildman–Crippen LogP) is 2.43. The Hall–Kier alpha value is -4.62. The molecular formula is C25H23N3O9S. The monoisotopic (exact) mass is 541 g/mol. The zero-order valence-corrected chi connectivity index (χ0v) is 21.3. The maximum absolute atomic E-state index is 13.2. The minimum Gasteiger partial charge on any atom is -0.493 e. The molecule has 12 nitrogen and oxygen atoms in total. The van der Waals surface area contributed by atoms with Gasteiger partial charge in [-0.1, -0.05) is 12.1 Å². The largest absolute Gasteiger partial charge is 0.493 e. The molecule has 13 heteroatoms. The molecule has 3 aromatic rings. The van der Waals surface area contributed by atoms with Gasteiger partial charge in [-0.3, -0.25) is 19.6 Å². The number of nitrogens with one attached hydrogen (secondary N) is 2. The number of hydrogen-bond donors (Lipinski definition) is 3. The van der Waals surface area contributed by atoms with E-state index in [1.807, 2.05) is 0 Å². The van der Waals surface area contributed by atoms with Crippen LogP contribution in [-0.4, -0.2) is 57.0 Å². The van der Waals surface area contributed by atoms with Gasteiger partial charge in [-0.15, -0.1) is 0 Å². The SMILES string of the molecule is COc1cc(C(=O)Nc2ccc3c(c2)S(=O)(=O)N(Cc2ccc(C(=O)NO)cc2)C3=O)cc(OC)c1OC. The number of nitrogens with zero attached hydrogens (tertiary/aromatic N) is 1. The van der Waals surface area contributed by atoms with Gasteiger partial charge in [-0.05, 0) is 48.0 Å². The van der Waals surface area contributed by atoms with Gasteiger partial charge < -0.3 is 19.5 Å². The molecule has 0 bridgehead atoms. The molecule has 3 aromatic carbocycles. The number of rotatable bonds is 8. The number of ether oxygens (including phenoxy) is 3. The Kier molecular flexibility index (Phi) is 7.23. The van der Waals surface area contributed by atoms with E-state index in [2.05, 4.69) is 5.32 Å². The van der Waals surface area contributed by atoms with E-state index in [1.54, 1.807) is 0 Å². The summed E-state index contributed by atoms with van der Waals surface area (Å²) in [6, 6.07) is 12.6. The highest BCUT2D eigenvalue weighted by Crippen LogP contribution is 2.39. The molecular weight excluding hydrogens is 518 g/mol. The van der Waals surface area contributed by atoms with Gasteiger partial charge in [0.25, 0.3) is 27.7 Å². The average Bonchev–Trinajstić information content (AvgIpc) is 3.11. The number of anilines is 1. The Morgan fingerprint density at radius 2 is 1.50 bits per heavy atom. The first-order chi connectivity index (χ1) is 18.1. The van der Waals surface area contributed by atoms with Crippen molar-refractivity contribution in [3.05, 3.63) is 76.9 Å². The first-order valence-corrected chi connectivity index (χ1v) is 12.4. The topological polar surface area (TPSA) is 161 Å². The highest BCUT2D eigenvalue weighted by Gasteiger charge is 2.41. The number of amides is 3. The summed E-state index contributed by atoms with van der Waals surface area (Å²) in [5, 5.41) is 11.4. The van der Waals surface area contributed by atoms with Crippen LogP contribution in [0.5, 0.6) is 17.2 Å². The molecule has 0 radical (unpaired) electrons. The van der Waals surface area contributed by atoms with E-state index in [4.69, 9.17) is 19.4 Å². The molecule has 1 heterocycles. The molecule has 1 aliphatic heterocycles. The van der Waals surface area contributed by atoms with Gasteiger partial charge in [-0.2, -0.15) is 0 Å². The van der Waals surface area contributed by atoms with Crippen LogP contribution in [0.3, 0.4) is 0 Å². The Bertz CT molecular complexity index is 1510. The van der Waals surface area contributed by atoms with E-state index in [-0.39, 0.29) is 45.3 Å². The van der Waals surface area contributed by atoms with Gasteiger partial charge in [0, 0.05) is 16.8 Å². The molecule has 0 fully saturated rings. The Balaban J connectivity index is 1.58. The van der Waals surface area contributed by atoms with Crippen molar-refractivity contribution in [2.24, 2.45) is 0 Å². The molecule has 38 heavy (non-hydrogen) atoms. The lowest BCUT2D eigenvalue weighted by Gasteiger charge is -2.15. The van der Waals surface area contributed by atoms with E-state index in [1.165, 1.54) is 81.4 Å². The van der Waals surface area contributed by atoms with Crippen LogP contribution in [0.2, 0.25) is 0 Å². The van der Waals surface area contributed by atoms with Gasteiger partial charge in [0.05, 0.1) is 33.4 Å². The van der Waals surface area contributed by atoms with Crippen LogP contribution in [-0.2, 0) is 16.6 Å². The van der Waals surface area contributed by atoms with E-state index < -0.39 is 27.7 Å². The highest BCUT2D eigenvalue weighted by atomic mass is 32.2. The minimum absolute atomic E-state index is 0.0351. The number of methoxy groups -OCH3 is 3. The van der Waals surface area contributed by atoms with Crippen molar-refractivity contribution in [2.75, 3.05) is 26.6 Å². The fourth-order valence-electron chi connectivity index (χ4n) is 3.92. The van der Waals surface area contributed by atoms with Crippen molar-refractivity contribution in [3.8, 4) is 17.2 Å². The van der Waals surface area contributed by atoms with Gasteiger partial charge in [0.15, 0.2) is 11.5 Å². The van der Waals surface area contributed by atoms with Crippen molar-refractivity contribution in [2.45, 2.75) is 11.4 Å². The molecule has 3 amide bonds. The lowest BCUT2D eigenvalue weighted by atomic mass is 10.1. The zero-order valence-electron chi connectivity index (χ0n) is 20.5. The number of benzene rings is 3. The third kappa shape index (κ3) is 4.71. The number of hydrogen-bond acceptors (Lipinski definition) is 9. The number of sulfonamides is 1. The molecule has 0 saturated carbocycles. The first-order valence-electron chi connectivity index (χ1n) is 11.0. The zero-order chi connectivity index (χ0) is 27.6. The first kappa shape index (κ1) is 26.4. The third-order valence-corrected chi connectivity index (χ3v) is 7.60. The Morgan fingerprint density at radius 3 is 2.05 bits per heavy atom.